The molecule has 1 amide bonds. The van der Waals surface area contributed by atoms with Gasteiger partial charge < -0.3 is 14.9 Å². The van der Waals surface area contributed by atoms with Gasteiger partial charge in [-0.25, -0.2) is 0 Å². The molecule has 2 N–H and O–H groups in total. The largest absolute Gasteiger partial charge is 0.396 e. The van der Waals surface area contributed by atoms with Crippen molar-refractivity contribution in [3.63, 3.8) is 0 Å². The van der Waals surface area contributed by atoms with Gasteiger partial charge >= 0.3 is 0 Å². The van der Waals surface area contributed by atoms with Crippen LogP contribution in [0.2, 0.25) is 5.22 Å². The zero-order chi connectivity index (χ0) is 13.5. The molecule has 0 aliphatic carbocycles. The van der Waals surface area contributed by atoms with Crippen molar-refractivity contribution >= 4 is 29.3 Å². The molecule has 0 aromatic carbocycles. The summed E-state index contributed by atoms with van der Waals surface area (Å²) in [6, 6.07) is -0.0311. The van der Waals surface area contributed by atoms with Crippen molar-refractivity contribution in [3.8, 4) is 0 Å². The Morgan fingerprint density at radius 2 is 2.39 bits per heavy atom. The standard InChI is InChI=1S/C11H17ClN2O3S/c1-7-9(11(12)17-14-7)5-10(16)13-8(3-4-15)6-18-2/h8,15H,3-6H2,1-2H3,(H,13,16). The van der Waals surface area contributed by atoms with E-state index in [1.807, 2.05) is 6.26 Å². The van der Waals surface area contributed by atoms with Crippen molar-refractivity contribution in [1.82, 2.24) is 10.5 Å². The van der Waals surface area contributed by atoms with E-state index in [1.54, 1.807) is 18.7 Å². The van der Waals surface area contributed by atoms with Gasteiger partial charge in [0.2, 0.25) is 11.1 Å². The number of halogens is 1. The molecule has 0 radical (unpaired) electrons. The monoisotopic (exact) mass is 292 g/mol. The number of rotatable bonds is 7. The number of carbonyl (C=O) groups excluding carboxylic acids is 1. The van der Waals surface area contributed by atoms with Crippen molar-refractivity contribution in [1.29, 1.82) is 0 Å². The summed E-state index contributed by atoms with van der Waals surface area (Å²) in [6.45, 7) is 1.80. The third-order valence-electron chi connectivity index (χ3n) is 2.48. The van der Waals surface area contributed by atoms with Crippen LogP contribution in [0.5, 0.6) is 0 Å². The van der Waals surface area contributed by atoms with E-state index in [4.69, 9.17) is 21.2 Å². The Kier molecular flexibility index (Phi) is 6.52. The molecular formula is C11H17ClN2O3S. The number of hydrogen-bond acceptors (Lipinski definition) is 5. The molecule has 5 nitrogen and oxygen atoms in total. The summed E-state index contributed by atoms with van der Waals surface area (Å²) in [5.41, 5.74) is 1.24. The first-order valence-corrected chi connectivity index (χ1v) is 7.35. The predicted molar refractivity (Wildman–Crippen MR) is 72.0 cm³/mol. The van der Waals surface area contributed by atoms with Gasteiger partial charge in [0.25, 0.3) is 0 Å². The second kappa shape index (κ2) is 7.66. The number of aliphatic hydroxyl groups is 1. The Bertz CT molecular complexity index is 372. The van der Waals surface area contributed by atoms with Crippen LogP contribution >= 0.6 is 23.4 Å². The van der Waals surface area contributed by atoms with Gasteiger partial charge in [-0.15, -0.1) is 0 Å². The molecule has 0 fully saturated rings. The number of nitrogens with one attached hydrogen (secondary N) is 1. The van der Waals surface area contributed by atoms with E-state index in [9.17, 15) is 4.79 Å². The summed E-state index contributed by atoms with van der Waals surface area (Å²) in [5.74, 6) is 0.624. The minimum absolute atomic E-state index is 0.0311. The van der Waals surface area contributed by atoms with Gasteiger partial charge in [-0.2, -0.15) is 11.8 Å². The lowest BCUT2D eigenvalue weighted by Gasteiger charge is -2.16. The molecule has 0 saturated heterocycles. The lowest BCUT2D eigenvalue weighted by atomic mass is 10.1. The van der Waals surface area contributed by atoms with Crippen molar-refractivity contribution in [2.24, 2.45) is 0 Å². The maximum absolute atomic E-state index is 11.8. The average Bonchev–Trinajstić information content (AvgIpc) is 2.61. The highest BCUT2D eigenvalue weighted by Gasteiger charge is 2.17. The van der Waals surface area contributed by atoms with Gasteiger partial charge in [-0.3, -0.25) is 4.79 Å². The molecule has 18 heavy (non-hydrogen) atoms. The van der Waals surface area contributed by atoms with Crippen molar-refractivity contribution in [3.05, 3.63) is 16.5 Å². The second-order valence-electron chi connectivity index (χ2n) is 3.93. The number of nitrogens with zero attached hydrogens (tertiary/aromatic N) is 1. The third-order valence-corrected chi connectivity index (χ3v) is 3.52. The molecule has 7 heteroatoms. The summed E-state index contributed by atoms with van der Waals surface area (Å²) in [4.78, 5) is 11.8. The van der Waals surface area contributed by atoms with Gasteiger partial charge in [0.05, 0.1) is 12.1 Å². The van der Waals surface area contributed by atoms with Crippen molar-refractivity contribution in [2.45, 2.75) is 25.8 Å². The molecule has 0 aliphatic heterocycles. The molecule has 1 aromatic heterocycles. The summed E-state index contributed by atoms with van der Waals surface area (Å²) in [7, 11) is 0. The summed E-state index contributed by atoms with van der Waals surface area (Å²) in [5, 5.41) is 15.6. The summed E-state index contributed by atoms with van der Waals surface area (Å²) >= 11 is 7.42. The molecule has 102 valence electrons. The zero-order valence-electron chi connectivity index (χ0n) is 10.4. The van der Waals surface area contributed by atoms with E-state index in [-0.39, 0.29) is 30.2 Å². The highest BCUT2D eigenvalue weighted by atomic mass is 35.5. The first-order valence-electron chi connectivity index (χ1n) is 5.58. The Morgan fingerprint density at radius 1 is 1.67 bits per heavy atom. The van der Waals surface area contributed by atoms with E-state index in [1.165, 1.54) is 0 Å². The number of carbonyl (C=O) groups is 1. The van der Waals surface area contributed by atoms with Gasteiger partial charge in [-0.1, -0.05) is 5.16 Å². The lowest BCUT2D eigenvalue weighted by molar-refractivity contribution is -0.121. The van der Waals surface area contributed by atoms with Crippen LogP contribution < -0.4 is 5.32 Å². The Balaban J connectivity index is 2.54. The lowest BCUT2D eigenvalue weighted by Crippen LogP contribution is -2.38. The molecule has 0 bridgehead atoms. The quantitative estimate of drug-likeness (QED) is 0.795. The SMILES string of the molecule is CSCC(CCO)NC(=O)Cc1c(C)noc1Cl. The fourth-order valence-electron chi connectivity index (χ4n) is 1.55. The molecule has 0 spiro atoms. The summed E-state index contributed by atoms with van der Waals surface area (Å²) in [6.07, 6.45) is 2.64. The van der Waals surface area contributed by atoms with Crippen LogP contribution in [-0.4, -0.2) is 40.8 Å². The number of aliphatic hydroxyl groups excluding tert-OH is 1. The van der Waals surface area contributed by atoms with E-state index < -0.39 is 0 Å². The minimum atomic E-state index is -0.143. The topological polar surface area (TPSA) is 75.4 Å². The average molecular weight is 293 g/mol. The van der Waals surface area contributed by atoms with Crippen LogP contribution in [0.3, 0.4) is 0 Å². The Hall–Kier alpha value is -0.720. The van der Waals surface area contributed by atoms with Gasteiger partial charge in [0.15, 0.2) is 0 Å². The number of hydrogen-bond donors (Lipinski definition) is 2. The van der Waals surface area contributed by atoms with Gasteiger partial charge in [0, 0.05) is 24.0 Å². The van der Waals surface area contributed by atoms with Crippen LogP contribution in [0.15, 0.2) is 4.52 Å². The Labute approximate surface area is 115 Å². The summed E-state index contributed by atoms with van der Waals surface area (Å²) < 4.78 is 4.79. The van der Waals surface area contributed by atoms with E-state index >= 15 is 0 Å². The van der Waals surface area contributed by atoms with E-state index in [2.05, 4.69) is 10.5 Å². The molecule has 1 aromatic rings. The third kappa shape index (κ3) is 4.51. The number of aryl methyl sites for hydroxylation is 1. The highest BCUT2D eigenvalue weighted by Crippen LogP contribution is 2.19. The van der Waals surface area contributed by atoms with Crippen LogP contribution in [0.1, 0.15) is 17.7 Å². The second-order valence-corrected chi connectivity index (χ2v) is 5.18. The normalized spacial score (nSPS) is 12.4. The Morgan fingerprint density at radius 3 is 2.89 bits per heavy atom. The van der Waals surface area contributed by atoms with Crippen molar-refractivity contribution < 1.29 is 14.4 Å². The van der Waals surface area contributed by atoms with Gasteiger partial charge in [-0.05, 0) is 31.2 Å². The highest BCUT2D eigenvalue weighted by molar-refractivity contribution is 7.98. The van der Waals surface area contributed by atoms with Crippen LogP contribution in [-0.2, 0) is 11.2 Å². The van der Waals surface area contributed by atoms with Crippen LogP contribution in [0.4, 0.5) is 0 Å². The molecule has 0 saturated carbocycles. The minimum Gasteiger partial charge on any atom is -0.396 e. The maximum Gasteiger partial charge on any atom is 0.229 e. The predicted octanol–water partition coefficient (Wildman–Crippen LogP) is 1.41. The molecule has 1 heterocycles. The maximum atomic E-state index is 11.8. The molecular weight excluding hydrogens is 276 g/mol. The van der Waals surface area contributed by atoms with Gasteiger partial charge in [0.1, 0.15) is 0 Å². The van der Waals surface area contributed by atoms with Crippen LogP contribution in [0.25, 0.3) is 0 Å². The number of aromatic nitrogens is 1. The molecule has 1 rings (SSSR count). The van der Waals surface area contributed by atoms with E-state index in [0.29, 0.717) is 17.7 Å². The number of amides is 1. The van der Waals surface area contributed by atoms with Crippen LogP contribution in [0, 0.1) is 6.92 Å². The number of thioether (sulfide) groups is 1. The molecule has 0 aliphatic rings. The first-order chi connectivity index (χ1) is 8.58. The fourth-order valence-corrected chi connectivity index (χ4v) is 2.44. The zero-order valence-corrected chi connectivity index (χ0v) is 12.0. The fraction of sp³-hybridized carbons (Fsp3) is 0.636. The van der Waals surface area contributed by atoms with Crippen molar-refractivity contribution in [2.75, 3.05) is 18.6 Å². The first kappa shape index (κ1) is 15.3. The smallest absolute Gasteiger partial charge is 0.229 e. The molecule has 1 unspecified atom stereocenters. The molecule has 1 atom stereocenters. The van der Waals surface area contributed by atoms with E-state index in [0.717, 1.165) is 5.75 Å².